The number of ketones is 3. The summed E-state index contributed by atoms with van der Waals surface area (Å²) in [4.78, 5) is 81.9. The average molecular weight is 859 g/mol. The van der Waals surface area contributed by atoms with Crippen molar-refractivity contribution < 1.29 is 64.1 Å². The fraction of sp³-hybridized carbons (Fsp3) is 0.844. The maximum absolute atomic E-state index is 12.3. The molecular weight excluding hydrogens is 776 g/mol. The maximum Gasteiger partial charge on any atom is 0.326 e. The fourth-order valence-electron chi connectivity index (χ4n) is 6.34. The molecule has 0 aliphatic rings. The number of carboxylic acids is 2. The first-order chi connectivity index (χ1) is 28.9. The van der Waals surface area contributed by atoms with Gasteiger partial charge in [0, 0.05) is 52.6 Å². The van der Waals surface area contributed by atoms with E-state index >= 15 is 0 Å². The molecule has 0 aliphatic carbocycles. The Hall–Kier alpha value is -3.27. The summed E-state index contributed by atoms with van der Waals surface area (Å²) >= 11 is 0. The molecule has 0 saturated carbocycles. The number of carbonyl (C=O) groups excluding carboxylic acids is 5. The SMILES string of the molecule is CC(=O)[C@@H](C)CCCCCC(=O)COCCOCCNC(=O)COCCOCCCC(=O)CC[C@H](NC(=O)CCCCCCCCCCCCCCCCC(=O)O)C(=O)O.[HH]. The van der Waals surface area contributed by atoms with Crippen molar-refractivity contribution in [1.82, 2.24) is 10.6 Å². The number of nitrogens with one attached hydrogen (secondary N) is 2. The molecule has 0 aromatic heterocycles. The van der Waals surface area contributed by atoms with Crippen LogP contribution in [0.15, 0.2) is 0 Å². The summed E-state index contributed by atoms with van der Waals surface area (Å²) in [6.45, 7) is 5.41. The first-order valence-electron chi connectivity index (χ1n) is 22.8. The Morgan fingerprint density at radius 1 is 0.483 bits per heavy atom. The topological polar surface area (TPSA) is 221 Å². The molecule has 0 fully saturated rings. The van der Waals surface area contributed by atoms with E-state index in [2.05, 4.69) is 10.6 Å². The molecule has 0 radical (unpaired) electrons. The van der Waals surface area contributed by atoms with Crippen molar-refractivity contribution in [2.24, 2.45) is 5.92 Å². The summed E-state index contributed by atoms with van der Waals surface area (Å²) in [5.41, 5.74) is 0. The van der Waals surface area contributed by atoms with Gasteiger partial charge in [0.05, 0.1) is 33.0 Å². The van der Waals surface area contributed by atoms with Crippen LogP contribution in [-0.2, 0) is 52.5 Å². The Balaban J connectivity index is 0. The van der Waals surface area contributed by atoms with E-state index in [9.17, 15) is 38.7 Å². The van der Waals surface area contributed by atoms with Gasteiger partial charge in [-0.2, -0.15) is 0 Å². The number of ether oxygens (including phenoxy) is 4. The summed E-state index contributed by atoms with van der Waals surface area (Å²) in [6, 6.07) is -1.10. The van der Waals surface area contributed by atoms with Crippen LogP contribution in [0.4, 0.5) is 0 Å². The molecule has 15 nitrogen and oxygen atoms in total. The van der Waals surface area contributed by atoms with Crippen molar-refractivity contribution in [2.45, 2.75) is 180 Å². The number of amides is 2. The predicted molar refractivity (Wildman–Crippen MR) is 231 cm³/mol. The molecule has 0 spiro atoms. The van der Waals surface area contributed by atoms with Gasteiger partial charge in [0.2, 0.25) is 11.8 Å². The molecule has 350 valence electrons. The van der Waals surface area contributed by atoms with Crippen molar-refractivity contribution in [1.29, 1.82) is 0 Å². The second kappa shape index (κ2) is 41.1. The third-order valence-corrected chi connectivity index (χ3v) is 10.2. The number of unbranched alkanes of at least 4 members (excludes halogenated alkanes) is 15. The molecule has 15 heteroatoms. The number of carbonyl (C=O) groups is 7. The Bertz CT molecular complexity index is 1170. The number of hydrogen-bond acceptors (Lipinski definition) is 11. The van der Waals surface area contributed by atoms with Gasteiger partial charge in [-0.15, -0.1) is 0 Å². The summed E-state index contributed by atoms with van der Waals surface area (Å²) in [5.74, 6) is -2.24. The van der Waals surface area contributed by atoms with Crippen LogP contribution in [0.1, 0.15) is 176 Å². The molecule has 2 amide bonds. The van der Waals surface area contributed by atoms with Gasteiger partial charge in [0.25, 0.3) is 0 Å². The minimum atomic E-state index is -1.15. The number of Topliss-reactive ketones (excluding diaryl/α,β-unsaturated/α-hetero) is 3. The molecule has 4 N–H and O–H groups in total. The number of aliphatic carboxylic acids is 2. The number of hydrogen-bond donors (Lipinski definition) is 4. The first kappa shape index (κ1) is 56.7. The minimum absolute atomic E-state index is 0. The highest BCUT2D eigenvalue weighted by Gasteiger charge is 2.21. The Kier molecular flexibility index (Phi) is 38.9. The van der Waals surface area contributed by atoms with E-state index in [-0.39, 0.29) is 102 Å². The largest absolute Gasteiger partial charge is 0.481 e. The fourth-order valence-corrected chi connectivity index (χ4v) is 6.34. The zero-order valence-corrected chi connectivity index (χ0v) is 37.1. The van der Waals surface area contributed by atoms with E-state index in [1.165, 1.54) is 44.9 Å². The summed E-state index contributed by atoms with van der Waals surface area (Å²) < 4.78 is 21.5. The van der Waals surface area contributed by atoms with Crippen LogP contribution in [-0.4, -0.2) is 117 Å². The predicted octanol–water partition coefficient (Wildman–Crippen LogP) is 7.18. The van der Waals surface area contributed by atoms with Gasteiger partial charge in [-0.3, -0.25) is 28.8 Å². The van der Waals surface area contributed by atoms with Gasteiger partial charge >= 0.3 is 11.9 Å². The Morgan fingerprint density at radius 2 is 0.967 bits per heavy atom. The third-order valence-electron chi connectivity index (χ3n) is 10.2. The molecule has 0 unspecified atom stereocenters. The van der Waals surface area contributed by atoms with E-state index in [1.807, 2.05) is 6.92 Å². The molecule has 60 heavy (non-hydrogen) atoms. The summed E-state index contributed by atoms with van der Waals surface area (Å²) in [6.07, 6.45) is 20.5. The quantitative estimate of drug-likeness (QED) is 0.0446. The van der Waals surface area contributed by atoms with Crippen molar-refractivity contribution in [3.05, 3.63) is 0 Å². The first-order valence-corrected chi connectivity index (χ1v) is 22.8. The Labute approximate surface area is 361 Å². The lowest BCUT2D eigenvalue weighted by atomic mass is 9.99. The standard InChI is InChI=1S/C45H80N2O13.H2/c1-37(38(2)48)21-16-15-17-22-40(50)35-59-33-32-58-30-28-46-43(52)36-60-34-31-57-29-20-23-39(49)26-27-41(45(55)56)47-42(51)24-18-13-11-9-7-5-3-4-6-8-10-12-14-19-25-44(53)54;/h37,41H,3-36H2,1-2H3,(H,46,52)(H,47,51)(H,53,54)(H,55,56);1H/t37-,41-;/m0./s1. The van der Waals surface area contributed by atoms with E-state index in [0.717, 1.165) is 64.2 Å². The number of rotatable bonds is 46. The van der Waals surface area contributed by atoms with Crippen LogP contribution in [0.5, 0.6) is 0 Å². The van der Waals surface area contributed by atoms with Gasteiger partial charge in [0.15, 0.2) is 5.78 Å². The van der Waals surface area contributed by atoms with Crippen LogP contribution < -0.4 is 10.6 Å². The minimum Gasteiger partial charge on any atom is -0.481 e. The summed E-state index contributed by atoms with van der Waals surface area (Å²) in [7, 11) is 0. The van der Waals surface area contributed by atoms with Crippen LogP contribution in [0.25, 0.3) is 0 Å². The molecule has 0 bridgehead atoms. The normalized spacial score (nSPS) is 12.2. The highest BCUT2D eigenvalue weighted by Crippen LogP contribution is 2.15. The van der Waals surface area contributed by atoms with Crippen LogP contribution in [0, 0.1) is 5.92 Å². The molecule has 0 rings (SSSR count). The second-order valence-corrected chi connectivity index (χ2v) is 15.8. The van der Waals surface area contributed by atoms with E-state index in [4.69, 9.17) is 24.1 Å². The highest BCUT2D eigenvalue weighted by molar-refractivity contribution is 5.84. The molecule has 0 aromatic rings. The third kappa shape index (κ3) is 40.2. The van der Waals surface area contributed by atoms with Crippen LogP contribution >= 0.6 is 0 Å². The van der Waals surface area contributed by atoms with Gasteiger partial charge in [0.1, 0.15) is 30.8 Å². The van der Waals surface area contributed by atoms with Crippen molar-refractivity contribution in [3.63, 3.8) is 0 Å². The second-order valence-electron chi connectivity index (χ2n) is 15.8. The van der Waals surface area contributed by atoms with Gasteiger partial charge in [-0.25, -0.2) is 4.79 Å². The summed E-state index contributed by atoms with van der Waals surface area (Å²) in [5, 5.41) is 23.4. The zero-order chi connectivity index (χ0) is 44.5. The molecule has 0 saturated heterocycles. The van der Waals surface area contributed by atoms with Gasteiger partial charge < -0.3 is 39.8 Å². The van der Waals surface area contributed by atoms with E-state index in [1.54, 1.807) is 6.92 Å². The molecule has 2 atom stereocenters. The van der Waals surface area contributed by atoms with Crippen LogP contribution in [0.3, 0.4) is 0 Å². The molecular formula is C45H82N2O13. The molecule has 0 aliphatic heterocycles. The number of carboxylic acid groups (broad SMARTS) is 2. The highest BCUT2D eigenvalue weighted by atomic mass is 16.5. The molecule has 0 heterocycles. The zero-order valence-electron chi connectivity index (χ0n) is 37.1. The molecule has 0 aromatic carbocycles. The monoisotopic (exact) mass is 859 g/mol. The van der Waals surface area contributed by atoms with Crippen molar-refractivity contribution >= 4 is 41.1 Å². The average Bonchev–Trinajstić information content (AvgIpc) is 3.20. The van der Waals surface area contributed by atoms with Crippen molar-refractivity contribution in [3.8, 4) is 0 Å². The smallest absolute Gasteiger partial charge is 0.326 e. The van der Waals surface area contributed by atoms with E-state index < -0.39 is 18.0 Å². The Morgan fingerprint density at radius 3 is 1.53 bits per heavy atom. The van der Waals surface area contributed by atoms with Gasteiger partial charge in [-0.1, -0.05) is 96.8 Å². The van der Waals surface area contributed by atoms with Crippen molar-refractivity contribution in [2.75, 3.05) is 59.4 Å². The maximum atomic E-state index is 12.3. The lowest BCUT2D eigenvalue weighted by molar-refractivity contribution is -0.142. The van der Waals surface area contributed by atoms with E-state index in [0.29, 0.717) is 45.6 Å². The lowest BCUT2D eigenvalue weighted by Gasteiger charge is -2.14. The lowest BCUT2D eigenvalue weighted by Crippen LogP contribution is -2.41. The van der Waals surface area contributed by atoms with Gasteiger partial charge in [-0.05, 0) is 45.4 Å². The van der Waals surface area contributed by atoms with Crippen LogP contribution in [0.2, 0.25) is 0 Å².